The molecule has 0 heterocycles. The summed E-state index contributed by atoms with van der Waals surface area (Å²) in [5.74, 6) is -0.288. The van der Waals surface area contributed by atoms with Crippen LogP contribution in [0.5, 0.6) is 0 Å². The molecule has 1 nitrogen and oxygen atoms in total. The fourth-order valence-corrected chi connectivity index (χ4v) is 1.69. The van der Waals surface area contributed by atoms with E-state index >= 15 is 0 Å². The summed E-state index contributed by atoms with van der Waals surface area (Å²) in [4.78, 5) is 0. The molecule has 0 saturated carbocycles. The van der Waals surface area contributed by atoms with Gasteiger partial charge in [0.05, 0.1) is 5.02 Å². The summed E-state index contributed by atoms with van der Waals surface area (Å²) in [7, 11) is 0. The Hall–Kier alpha value is -0.600. The molecule has 3 heteroatoms. The third-order valence-corrected chi connectivity index (χ3v) is 2.87. The van der Waals surface area contributed by atoms with Crippen molar-refractivity contribution in [1.29, 1.82) is 0 Å². The highest BCUT2D eigenvalue weighted by molar-refractivity contribution is 6.30. The molecule has 0 amide bonds. The van der Waals surface area contributed by atoms with Crippen LogP contribution in [0.4, 0.5) is 4.39 Å². The highest BCUT2D eigenvalue weighted by atomic mass is 35.5. The molecule has 0 fully saturated rings. The van der Waals surface area contributed by atoms with E-state index in [0.29, 0.717) is 12.0 Å². The molecule has 1 aromatic carbocycles. The second kappa shape index (κ2) is 6.09. The summed E-state index contributed by atoms with van der Waals surface area (Å²) < 4.78 is 13.4. The van der Waals surface area contributed by atoms with Gasteiger partial charge in [0.25, 0.3) is 0 Å². The van der Waals surface area contributed by atoms with Gasteiger partial charge in [-0.2, -0.15) is 0 Å². The van der Waals surface area contributed by atoms with E-state index in [9.17, 15) is 4.39 Å². The minimum Gasteiger partial charge on any atom is -0.328 e. The molecule has 0 spiro atoms. The highest BCUT2D eigenvalue weighted by Gasteiger charge is 2.06. The maximum Gasteiger partial charge on any atom is 0.144 e. The van der Waals surface area contributed by atoms with Crippen LogP contribution in [-0.2, 0) is 6.42 Å². The van der Waals surface area contributed by atoms with Crippen LogP contribution in [0.3, 0.4) is 0 Å². The zero-order chi connectivity index (χ0) is 11.3. The van der Waals surface area contributed by atoms with Gasteiger partial charge in [-0.15, -0.1) is 0 Å². The van der Waals surface area contributed by atoms with Gasteiger partial charge in [-0.25, -0.2) is 4.39 Å². The Bertz CT molecular complexity index is 314. The van der Waals surface area contributed by atoms with E-state index in [1.54, 1.807) is 18.2 Å². The maximum atomic E-state index is 13.4. The topological polar surface area (TPSA) is 26.0 Å². The van der Waals surface area contributed by atoms with Crippen molar-refractivity contribution in [2.24, 2.45) is 5.73 Å². The van der Waals surface area contributed by atoms with Crippen LogP contribution in [0, 0.1) is 5.82 Å². The van der Waals surface area contributed by atoms with Crippen molar-refractivity contribution in [2.45, 2.75) is 38.6 Å². The molecule has 1 aromatic rings. The monoisotopic (exact) mass is 229 g/mol. The van der Waals surface area contributed by atoms with Crippen LogP contribution >= 0.6 is 11.6 Å². The molecule has 0 aliphatic heterocycles. The van der Waals surface area contributed by atoms with E-state index in [1.807, 2.05) is 0 Å². The number of benzene rings is 1. The van der Waals surface area contributed by atoms with Crippen molar-refractivity contribution >= 4 is 11.6 Å². The van der Waals surface area contributed by atoms with Gasteiger partial charge >= 0.3 is 0 Å². The molecule has 15 heavy (non-hydrogen) atoms. The maximum absolute atomic E-state index is 13.4. The summed E-state index contributed by atoms with van der Waals surface area (Å²) in [6.07, 6.45) is 3.52. The molecule has 1 rings (SSSR count). The molecule has 84 valence electrons. The first kappa shape index (κ1) is 12.5. The summed E-state index contributed by atoms with van der Waals surface area (Å²) in [5.41, 5.74) is 6.47. The average molecular weight is 230 g/mol. The third-order valence-electron chi connectivity index (χ3n) is 2.58. The zero-order valence-electron chi connectivity index (χ0n) is 8.97. The summed E-state index contributed by atoms with van der Waals surface area (Å²) >= 11 is 5.68. The number of hydrogen-bond donors (Lipinski definition) is 1. The molecule has 0 aliphatic rings. The van der Waals surface area contributed by atoms with Crippen molar-refractivity contribution < 1.29 is 4.39 Å². The van der Waals surface area contributed by atoms with E-state index in [1.165, 1.54) is 0 Å². The Balaban J connectivity index is 2.47. The Morgan fingerprint density at radius 2 is 2.20 bits per heavy atom. The molecule has 0 saturated heterocycles. The molecular formula is C12H17ClFN. The van der Waals surface area contributed by atoms with Crippen LogP contribution in [0.25, 0.3) is 0 Å². The lowest BCUT2D eigenvalue weighted by Crippen LogP contribution is -2.18. The Morgan fingerprint density at radius 1 is 1.47 bits per heavy atom. The lowest BCUT2D eigenvalue weighted by Gasteiger charge is -2.08. The minimum atomic E-state index is -0.288. The minimum absolute atomic E-state index is 0.201. The van der Waals surface area contributed by atoms with Gasteiger partial charge in [-0.3, -0.25) is 0 Å². The predicted molar refractivity (Wildman–Crippen MR) is 62.6 cm³/mol. The van der Waals surface area contributed by atoms with Crippen molar-refractivity contribution in [2.75, 3.05) is 0 Å². The quantitative estimate of drug-likeness (QED) is 0.821. The fourth-order valence-electron chi connectivity index (χ4n) is 1.50. The number of nitrogens with two attached hydrogens (primary N) is 1. The number of rotatable bonds is 5. The van der Waals surface area contributed by atoms with E-state index in [4.69, 9.17) is 17.3 Å². The lowest BCUT2D eigenvalue weighted by atomic mass is 10.0. The first-order valence-corrected chi connectivity index (χ1v) is 5.71. The van der Waals surface area contributed by atoms with Crippen molar-refractivity contribution in [3.8, 4) is 0 Å². The average Bonchev–Trinajstić information content (AvgIpc) is 2.24. The van der Waals surface area contributed by atoms with Crippen LogP contribution < -0.4 is 5.73 Å². The summed E-state index contributed by atoms with van der Waals surface area (Å²) in [6, 6.07) is 5.35. The normalized spacial score (nSPS) is 12.8. The predicted octanol–water partition coefficient (Wildman–Crippen LogP) is 3.54. The van der Waals surface area contributed by atoms with Crippen LogP contribution in [0.15, 0.2) is 18.2 Å². The molecular weight excluding hydrogens is 213 g/mol. The molecule has 1 unspecified atom stereocenters. The number of hydrogen-bond acceptors (Lipinski definition) is 1. The van der Waals surface area contributed by atoms with Crippen LogP contribution in [0.2, 0.25) is 5.02 Å². The first-order chi connectivity index (χ1) is 7.15. The van der Waals surface area contributed by atoms with E-state index < -0.39 is 0 Å². The Morgan fingerprint density at radius 3 is 2.87 bits per heavy atom. The van der Waals surface area contributed by atoms with Crippen LogP contribution in [0.1, 0.15) is 31.7 Å². The fraction of sp³-hybridized carbons (Fsp3) is 0.500. The van der Waals surface area contributed by atoms with Gasteiger partial charge in [0.1, 0.15) is 5.82 Å². The van der Waals surface area contributed by atoms with E-state index in [-0.39, 0.29) is 16.9 Å². The Kier molecular flexibility index (Phi) is 5.06. The Labute approximate surface area is 95.4 Å². The van der Waals surface area contributed by atoms with E-state index in [0.717, 1.165) is 19.3 Å². The second-order valence-electron chi connectivity index (χ2n) is 3.77. The molecule has 0 bridgehead atoms. The molecule has 0 radical (unpaired) electrons. The van der Waals surface area contributed by atoms with Crippen molar-refractivity contribution in [3.63, 3.8) is 0 Å². The molecule has 0 aromatic heterocycles. The first-order valence-electron chi connectivity index (χ1n) is 5.33. The standard InChI is InChI=1S/C12H17ClFN/c1-2-10(15)7-3-5-9-6-4-8-11(13)12(9)14/h4,6,8,10H,2-3,5,7,15H2,1H3. The highest BCUT2D eigenvalue weighted by Crippen LogP contribution is 2.19. The molecule has 1 atom stereocenters. The second-order valence-corrected chi connectivity index (χ2v) is 4.18. The number of halogens is 2. The van der Waals surface area contributed by atoms with Gasteiger partial charge in [0, 0.05) is 6.04 Å². The smallest absolute Gasteiger partial charge is 0.144 e. The number of aryl methyl sites for hydroxylation is 1. The summed E-state index contributed by atoms with van der Waals surface area (Å²) in [6.45, 7) is 2.06. The van der Waals surface area contributed by atoms with Gasteiger partial charge in [0.15, 0.2) is 0 Å². The van der Waals surface area contributed by atoms with Gasteiger partial charge in [-0.05, 0) is 37.3 Å². The SMILES string of the molecule is CCC(N)CCCc1cccc(Cl)c1F. The largest absolute Gasteiger partial charge is 0.328 e. The van der Waals surface area contributed by atoms with Gasteiger partial charge in [0.2, 0.25) is 0 Å². The van der Waals surface area contributed by atoms with Gasteiger partial charge in [-0.1, -0.05) is 30.7 Å². The van der Waals surface area contributed by atoms with Crippen molar-refractivity contribution in [1.82, 2.24) is 0 Å². The van der Waals surface area contributed by atoms with Crippen LogP contribution in [-0.4, -0.2) is 6.04 Å². The lowest BCUT2D eigenvalue weighted by molar-refractivity contribution is 0.554. The summed E-state index contributed by atoms with van der Waals surface area (Å²) in [5, 5.41) is 0.201. The molecule has 0 aliphatic carbocycles. The van der Waals surface area contributed by atoms with Gasteiger partial charge < -0.3 is 5.73 Å². The zero-order valence-corrected chi connectivity index (χ0v) is 9.73. The molecule has 2 N–H and O–H groups in total. The van der Waals surface area contributed by atoms with E-state index in [2.05, 4.69) is 6.92 Å². The third kappa shape index (κ3) is 3.80. The van der Waals surface area contributed by atoms with Crippen molar-refractivity contribution in [3.05, 3.63) is 34.6 Å².